The van der Waals surface area contributed by atoms with Crippen molar-refractivity contribution in [1.82, 2.24) is 9.88 Å². The highest BCUT2D eigenvalue weighted by molar-refractivity contribution is 5.92. The van der Waals surface area contributed by atoms with Crippen LogP contribution < -0.4 is 5.32 Å². The second kappa shape index (κ2) is 4.28. The van der Waals surface area contributed by atoms with E-state index < -0.39 is 6.10 Å². The first-order valence-electron chi connectivity index (χ1n) is 4.61. The van der Waals surface area contributed by atoms with Crippen LogP contribution in [-0.2, 0) is 7.05 Å². The van der Waals surface area contributed by atoms with Crippen LogP contribution in [0.4, 0.5) is 0 Å². The van der Waals surface area contributed by atoms with Gasteiger partial charge in [-0.25, -0.2) is 0 Å². The fourth-order valence-corrected chi connectivity index (χ4v) is 1.17. The molecule has 0 bridgehead atoms. The van der Waals surface area contributed by atoms with Gasteiger partial charge >= 0.3 is 0 Å². The lowest BCUT2D eigenvalue weighted by Gasteiger charge is -2.08. The summed E-state index contributed by atoms with van der Waals surface area (Å²) in [5.74, 6) is -0.151. The van der Waals surface area contributed by atoms with Gasteiger partial charge in [0, 0.05) is 19.3 Å². The number of rotatable bonds is 3. The van der Waals surface area contributed by atoms with Crippen molar-refractivity contribution in [2.45, 2.75) is 20.0 Å². The van der Waals surface area contributed by atoms with Gasteiger partial charge < -0.3 is 15.0 Å². The third-order valence-electron chi connectivity index (χ3n) is 2.16. The molecule has 1 atom stereocenters. The summed E-state index contributed by atoms with van der Waals surface area (Å²) in [6, 6.07) is 3.66. The zero-order chi connectivity index (χ0) is 10.7. The Morgan fingerprint density at radius 1 is 1.64 bits per heavy atom. The third-order valence-corrected chi connectivity index (χ3v) is 2.16. The van der Waals surface area contributed by atoms with Crippen LogP contribution >= 0.6 is 0 Å². The molecular formula is C10H16N2O2. The van der Waals surface area contributed by atoms with E-state index in [1.165, 1.54) is 0 Å². The summed E-state index contributed by atoms with van der Waals surface area (Å²) >= 11 is 0. The molecule has 0 aliphatic heterocycles. The molecule has 1 aromatic heterocycles. The van der Waals surface area contributed by atoms with E-state index in [1.54, 1.807) is 13.0 Å². The van der Waals surface area contributed by atoms with Gasteiger partial charge in [-0.2, -0.15) is 0 Å². The molecule has 1 heterocycles. The molecule has 1 rings (SSSR count). The van der Waals surface area contributed by atoms with Crippen molar-refractivity contribution in [3.05, 3.63) is 23.5 Å². The molecule has 0 fully saturated rings. The lowest BCUT2D eigenvalue weighted by atomic mass is 10.3. The average Bonchev–Trinajstić information content (AvgIpc) is 2.44. The van der Waals surface area contributed by atoms with Gasteiger partial charge in [0.05, 0.1) is 6.10 Å². The number of nitrogens with zero attached hydrogens (tertiary/aromatic N) is 1. The highest BCUT2D eigenvalue weighted by Crippen LogP contribution is 2.05. The normalized spacial score (nSPS) is 12.6. The second-order valence-corrected chi connectivity index (χ2v) is 3.48. The molecule has 2 N–H and O–H groups in total. The Hall–Kier alpha value is -1.29. The summed E-state index contributed by atoms with van der Waals surface area (Å²) in [4.78, 5) is 11.5. The third kappa shape index (κ3) is 2.35. The molecule has 14 heavy (non-hydrogen) atoms. The minimum Gasteiger partial charge on any atom is -0.392 e. The van der Waals surface area contributed by atoms with Crippen molar-refractivity contribution in [3.8, 4) is 0 Å². The first-order valence-corrected chi connectivity index (χ1v) is 4.61. The van der Waals surface area contributed by atoms with Crippen LogP contribution in [0.5, 0.6) is 0 Å². The predicted molar refractivity (Wildman–Crippen MR) is 54.2 cm³/mol. The summed E-state index contributed by atoms with van der Waals surface area (Å²) in [5, 5.41) is 11.6. The van der Waals surface area contributed by atoms with Gasteiger partial charge in [-0.1, -0.05) is 0 Å². The number of carbonyl (C=O) groups excluding carboxylic acids is 1. The van der Waals surface area contributed by atoms with E-state index in [-0.39, 0.29) is 12.5 Å². The van der Waals surface area contributed by atoms with Gasteiger partial charge in [0.2, 0.25) is 0 Å². The maximum atomic E-state index is 11.5. The Kier molecular flexibility index (Phi) is 3.30. The molecule has 1 aromatic rings. The maximum absolute atomic E-state index is 11.5. The highest BCUT2D eigenvalue weighted by Gasteiger charge is 2.10. The number of aliphatic hydroxyl groups excluding tert-OH is 1. The number of hydrogen-bond acceptors (Lipinski definition) is 2. The van der Waals surface area contributed by atoms with Crippen LogP contribution in [0.2, 0.25) is 0 Å². The molecule has 4 nitrogen and oxygen atoms in total. The Morgan fingerprint density at radius 2 is 2.29 bits per heavy atom. The Morgan fingerprint density at radius 3 is 2.71 bits per heavy atom. The van der Waals surface area contributed by atoms with Crippen molar-refractivity contribution < 1.29 is 9.90 Å². The maximum Gasteiger partial charge on any atom is 0.267 e. The zero-order valence-electron chi connectivity index (χ0n) is 8.74. The first kappa shape index (κ1) is 10.8. The fourth-order valence-electron chi connectivity index (χ4n) is 1.17. The molecule has 0 unspecified atom stereocenters. The zero-order valence-corrected chi connectivity index (χ0v) is 8.74. The molecule has 0 aromatic carbocycles. The molecule has 0 saturated heterocycles. The van der Waals surface area contributed by atoms with Gasteiger partial charge in [-0.15, -0.1) is 0 Å². The van der Waals surface area contributed by atoms with Crippen molar-refractivity contribution >= 4 is 5.91 Å². The van der Waals surface area contributed by atoms with Gasteiger partial charge in [-0.05, 0) is 26.0 Å². The summed E-state index contributed by atoms with van der Waals surface area (Å²) in [7, 11) is 1.84. The van der Waals surface area contributed by atoms with Crippen molar-refractivity contribution in [2.75, 3.05) is 6.54 Å². The summed E-state index contributed by atoms with van der Waals surface area (Å²) in [6.07, 6.45) is -0.514. The summed E-state index contributed by atoms with van der Waals surface area (Å²) in [5.41, 5.74) is 1.65. The standard InChI is InChI=1S/C10H16N2O2/c1-7-4-5-9(12(7)3)10(14)11-6-8(2)13/h4-5,8,13H,6H2,1-3H3,(H,11,14)/t8-/m1/s1. The molecule has 0 radical (unpaired) electrons. The largest absolute Gasteiger partial charge is 0.392 e. The predicted octanol–water partition coefficient (Wildman–Crippen LogP) is 0.444. The van der Waals surface area contributed by atoms with E-state index >= 15 is 0 Å². The van der Waals surface area contributed by atoms with E-state index in [4.69, 9.17) is 5.11 Å². The molecule has 78 valence electrons. The molecular weight excluding hydrogens is 180 g/mol. The topological polar surface area (TPSA) is 54.3 Å². The fraction of sp³-hybridized carbons (Fsp3) is 0.500. The van der Waals surface area contributed by atoms with Gasteiger partial charge in [0.25, 0.3) is 5.91 Å². The lowest BCUT2D eigenvalue weighted by molar-refractivity contribution is 0.0915. The molecule has 0 spiro atoms. The number of carbonyl (C=O) groups is 1. The van der Waals surface area contributed by atoms with Gasteiger partial charge in [0.15, 0.2) is 0 Å². The molecule has 0 saturated carbocycles. The smallest absolute Gasteiger partial charge is 0.267 e. The number of amides is 1. The molecule has 1 amide bonds. The monoisotopic (exact) mass is 196 g/mol. The summed E-state index contributed by atoms with van der Waals surface area (Å²) < 4.78 is 1.82. The van der Waals surface area contributed by atoms with Crippen LogP contribution in [0.15, 0.2) is 12.1 Å². The lowest BCUT2D eigenvalue weighted by Crippen LogP contribution is -2.31. The van der Waals surface area contributed by atoms with Crippen LogP contribution in [0.3, 0.4) is 0 Å². The van der Waals surface area contributed by atoms with E-state index in [0.717, 1.165) is 5.69 Å². The Bertz CT molecular complexity index is 329. The first-order chi connectivity index (χ1) is 6.52. The van der Waals surface area contributed by atoms with Crippen molar-refractivity contribution in [1.29, 1.82) is 0 Å². The van der Waals surface area contributed by atoms with Crippen LogP contribution in [0.25, 0.3) is 0 Å². The highest BCUT2D eigenvalue weighted by atomic mass is 16.3. The Balaban J connectivity index is 2.66. The van der Waals surface area contributed by atoms with Gasteiger partial charge in [0.1, 0.15) is 5.69 Å². The number of aryl methyl sites for hydroxylation is 1. The minimum atomic E-state index is -0.514. The van der Waals surface area contributed by atoms with E-state index in [9.17, 15) is 4.79 Å². The van der Waals surface area contributed by atoms with Crippen molar-refractivity contribution in [2.24, 2.45) is 7.05 Å². The summed E-state index contributed by atoms with van der Waals surface area (Å²) in [6.45, 7) is 3.85. The van der Waals surface area contributed by atoms with Crippen LogP contribution in [-0.4, -0.2) is 28.2 Å². The minimum absolute atomic E-state index is 0.151. The molecule has 0 aliphatic carbocycles. The Labute approximate surface area is 83.5 Å². The van der Waals surface area contributed by atoms with Gasteiger partial charge in [-0.3, -0.25) is 4.79 Å². The SMILES string of the molecule is Cc1ccc(C(=O)NC[C@@H](C)O)n1C. The van der Waals surface area contributed by atoms with Crippen molar-refractivity contribution in [3.63, 3.8) is 0 Å². The second-order valence-electron chi connectivity index (χ2n) is 3.48. The average molecular weight is 196 g/mol. The number of aliphatic hydroxyl groups is 1. The van der Waals surface area contributed by atoms with E-state index in [2.05, 4.69) is 5.32 Å². The van der Waals surface area contributed by atoms with E-state index in [0.29, 0.717) is 5.69 Å². The molecule has 4 heteroatoms. The van der Waals surface area contributed by atoms with Crippen LogP contribution in [0.1, 0.15) is 23.1 Å². The number of hydrogen-bond donors (Lipinski definition) is 2. The number of nitrogens with one attached hydrogen (secondary N) is 1. The number of aromatic nitrogens is 1. The van der Waals surface area contributed by atoms with E-state index in [1.807, 2.05) is 24.6 Å². The molecule has 0 aliphatic rings. The van der Waals surface area contributed by atoms with Crippen LogP contribution in [0, 0.1) is 6.92 Å². The quantitative estimate of drug-likeness (QED) is 0.737.